The Kier molecular flexibility index (Phi) is 9.63. The maximum absolute atomic E-state index is 12.4. The van der Waals surface area contributed by atoms with Gasteiger partial charge in [0.2, 0.25) is 5.91 Å². The smallest absolute Gasteiger partial charge is 0.230 e. The van der Waals surface area contributed by atoms with Crippen molar-refractivity contribution < 1.29 is 9.53 Å². The van der Waals surface area contributed by atoms with E-state index in [-0.39, 0.29) is 24.3 Å². The van der Waals surface area contributed by atoms with Crippen molar-refractivity contribution in [3.05, 3.63) is 70.5 Å². The highest BCUT2D eigenvalue weighted by Gasteiger charge is 2.20. The van der Waals surface area contributed by atoms with E-state index in [1.807, 2.05) is 30.3 Å². The van der Waals surface area contributed by atoms with Gasteiger partial charge in [0.15, 0.2) is 11.0 Å². The molecule has 1 amide bonds. The highest BCUT2D eigenvalue weighted by atomic mass is 35.5. The highest BCUT2D eigenvalue weighted by molar-refractivity contribution is 7.99. The van der Waals surface area contributed by atoms with Gasteiger partial charge >= 0.3 is 0 Å². The molecule has 0 spiro atoms. The van der Waals surface area contributed by atoms with Crippen LogP contribution in [0.5, 0.6) is 5.75 Å². The number of rotatable bonds is 12. The van der Waals surface area contributed by atoms with Crippen LogP contribution in [0.15, 0.2) is 53.7 Å². The number of halogens is 1. The minimum absolute atomic E-state index is 0.0125. The van der Waals surface area contributed by atoms with Gasteiger partial charge in [0.05, 0.1) is 10.8 Å². The second-order valence-electron chi connectivity index (χ2n) is 7.77. The van der Waals surface area contributed by atoms with Crippen LogP contribution >= 0.6 is 23.4 Å². The highest BCUT2D eigenvalue weighted by Crippen LogP contribution is 2.28. The SMILES string of the molecule is CCC(CC)n1c(COc2ccccc2Cl)nnc1SCC(=O)NCCc1ccccc1C. The van der Waals surface area contributed by atoms with Crippen molar-refractivity contribution in [1.29, 1.82) is 0 Å². The third-order valence-electron chi connectivity index (χ3n) is 5.55. The number of hydrogen-bond acceptors (Lipinski definition) is 5. The molecule has 0 saturated heterocycles. The average molecular weight is 487 g/mol. The lowest BCUT2D eigenvalue weighted by molar-refractivity contribution is -0.118. The van der Waals surface area contributed by atoms with E-state index in [1.54, 1.807) is 6.07 Å². The van der Waals surface area contributed by atoms with Crippen LogP contribution in [0.25, 0.3) is 0 Å². The average Bonchev–Trinajstić information content (AvgIpc) is 3.22. The minimum atomic E-state index is -0.0125. The maximum atomic E-state index is 12.4. The van der Waals surface area contributed by atoms with Crippen LogP contribution in [0.2, 0.25) is 5.02 Å². The fourth-order valence-corrected chi connectivity index (χ4v) is 4.68. The lowest BCUT2D eigenvalue weighted by Crippen LogP contribution is -2.27. The Morgan fingerprint density at radius 2 is 1.85 bits per heavy atom. The molecule has 3 rings (SSSR count). The van der Waals surface area contributed by atoms with E-state index < -0.39 is 0 Å². The molecule has 176 valence electrons. The number of hydrogen-bond donors (Lipinski definition) is 1. The van der Waals surface area contributed by atoms with E-state index in [1.165, 1.54) is 22.9 Å². The normalized spacial score (nSPS) is 11.1. The summed E-state index contributed by atoms with van der Waals surface area (Å²) in [5.41, 5.74) is 2.49. The van der Waals surface area contributed by atoms with Crippen LogP contribution in [0.1, 0.15) is 49.7 Å². The summed E-state index contributed by atoms with van der Waals surface area (Å²) in [6, 6.07) is 15.8. The zero-order valence-corrected chi connectivity index (χ0v) is 21.0. The zero-order valence-electron chi connectivity index (χ0n) is 19.4. The van der Waals surface area contributed by atoms with E-state index in [4.69, 9.17) is 16.3 Å². The van der Waals surface area contributed by atoms with Crippen LogP contribution in [-0.2, 0) is 17.8 Å². The van der Waals surface area contributed by atoms with Crippen LogP contribution in [0.3, 0.4) is 0 Å². The lowest BCUT2D eigenvalue weighted by atomic mass is 10.1. The van der Waals surface area contributed by atoms with Crippen molar-refractivity contribution in [3.63, 3.8) is 0 Å². The Hall–Kier alpha value is -2.51. The molecule has 0 aliphatic rings. The summed E-state index contributed by atoms with van der Waals surface area (Å²) < 4.78 is 8.00. The molecular formula is C25H31ClN4O2S. The van der Waals surface area contributed by atoms with Gasteiger partial charge in [-0.3, -0.25) is 4.79 Å². The first-order valence-electron chi connectivity index (χ1n) is 11.3. The minimum Gasteiger partial charge on any atom is -0.484 e. The number of aromatic nitrogens is 3. The van der Waals surface area contributed by atoms with Crippen LogP contribution < -0.4 is 10.1 Å². The van der Waals surface area contributed by atoms with Crippen molar-refractivity contribution in [2.24, 2.45) is 0 Å². The summed E-state index contributed by atoms with van der Waals surface area (Å²) in [6.07, 6.45) is 2.68. The second-order valence-corrected chi connectivity index (χ2v) is 9.12. The standard InChI is InChI=1S/C25H31ClN4O2S/c1-4-20(5-2)30-23(16-32-22-13-9-8-12-21(22)26)28-29-25(30)33-17-24(31)27-15-14-19-11-7-6-10-18(19)3/h6-13,20H,4-5,14-17H2,1-3H3,(H,27,31). The van der Waals surface area contributed by atoms with Crippen LogP contribution in [0, 0.1) is 6.92 Å². The summed E-state index contributed by atoms with van der Waals surface area (Å²) in [5, 5.41) is 13.0. The molecule has 0 saturated carbocycles. The molecule has 1 N–H and O–H groups in total. The first kappa shape index (κ1) is 25.1. The molecule has 0 aliphatic carbocycles. The lowest BCUT2D eigenvalue weighted by Gasteiger charge is -2.19. The van der Waals surface area contributed by atoms with Crippen molar-refractivity contribution in [1.82, 2.24) is 20.1 Å². The topological polar surface area (TPSA) is 69.0 Å². The van der Waals surface area contributed by atoms with E-state index >= 15 is 0 Å². The second kappa shape index (κ2) is 12.7. The molecule has 0 unspecified atom stereocenters. The van der Waals surface area contributed by atoms with Gasteiger partial charge in [-0.2, -0.15) is 0 Å². The molecular weight excluding hydrogens is 456 g/mol. The molecule has 1 aromatic heterocycles. The number of aryl methyl sites for hydroxylation is 1. The Morgan fingerprint density at radius 1 is 1.12 bits per heavy atom. The van der Waals surface area contributed by atoms with Crippen molar-refractivity contribution >= 4 is 29.3 Å². The number of nitrogens with one attached hydrogen (secondary N) is 1. The number of carbonyl (C=O) groups excluding carboxylic acids is 1. The summed E-state index contributed by atoms with van der Waals surface area (Å²) in [6.45, 7) is 7.24. The first-order valence-corrected chi connectivity index (χ1v) is 12.6. The number of thioether (sulfide) groups is 1. The van der Waals surface area contributed by atoms with Crippen molar-refractivity contribution in [2.75, 3.05) is 12.3 Å². The molecule has 1 heterocycles. The Bertz CT molecular complexity index is 1050. The summed E-state index contributed by atoms with van der Waals surface area (Å²) in [5.74, 6) is 1.62. The predicted octanol–water partition coefficient (Wildman–Crippen LogP) is 5.63. The van der Waals surface area contributed by atoms with Gasteiger partial charge in [0, 0.05) is 12.6 Å². The number of amides is 1. The molecule has 3 aromatic rings. The molecule has 2 aromatic carbocycles. The molecule has 0 bridgehead atoms. The maximum Gasteiger partial charge on any atom is 0.230 e. The van der Waals surface area contributed by atoms with E-state index in [0.29, 0.717) is 17.3 Å². The van der Waals surface area contributed by atoms with E-state index in [9.17, 15) is 4.79 Å². The summed E-state index contributed by atoms with van der Waals surface area (Å²) in [4.78, 5) is 12.4. The molecule has 0 fully saturated rings. The number of benzene rings is 2. The van der Waals surface area contributed by atoms with Crippen molar-refractivity contribution in [3.8, 4) is 5.75 Å². The summed E-state index contributed by atoms with van der Waals surface area (Å²) >= 11 is 7.62. The number of carbonyl (C=O) groups is 1. The van der Waals surface area contributed by atoms with Gasteiger partial charge in [-0.05, 0) is 49.4 Å². The van der Waals surface area contributed by atoms with Gasteiger partial charge in [0.25, 0.3) is 0 Å². The third-order valence-corrected chi connectivity index (χ3v) is 6.80. The molecule has 6 nitrogen and oxygen atoms in total. The number of ether oxygens (including phenoxy) is 1. The van der Waals surface area contributed by atoms with E-state index in [2.05, 4.69) is 53.0 Å². The Balaban J connectivity index is 1.60. The molecule has 0 aliphatic heterocycles. The van der Waals surface area contributed by atoms with Gasteiger partial charge in [-0.15, -0.1) is 10.2 Å². The molecule has 33 heavy (non-hydrogen) atoms. The van der Waals surface area contributed by atoms with Gasteiger partial charge < -0.3 is 14.6 Å². The van der Waals surface area contributed by atoms with Crippen molar-refractivity contribution in [2.45, 2.75) is 57.8 Å². The first-order chi connectivity index (χ1) is 16.0. The Labute approximate surface area is 205 Å². The quantitative estimate of drug-likeness (QED) is 0.336. The van der Waals surface area contributed by atoms with Crippen LogP contribution in [0.4, 0.5) is 0 Å². The molecule has 0 radical (unpaired) electrons. The monoisotopic (exact) mass is 486 g/mol. The molecule has 8 heteroatoms. The van der Waals surface area contributed by atoms with Gasteiger partial charge in [-0.1, -0.05) is 73.6 Å². The fourth-order valence-electron chi connectivity index (χ4n) is 3.64. The summed E-state index contributed by atoms with van der Waals surface area (Å²) in [7, 11) is 0. The van der Waals surface area contributed by atoms with E-state index in [0.717, 1.165) is 30.2 Å². The van der Waals surface area contributed by atoms with Gasteiger partial charge in [0.1, 0.15) is 12.4 Å². The fraction of sp³-hybridized carbons (Fsp3) is 0.400. The number of para-hydroxylation sites is 1. The largest absolute Gasteiger partial charge is 0.484 e. The predicted molar refractivity (Wildman–Crippen MR) is 134 cm³/mol. The van der Waals surface area contributed by atoms with Crippen LogP contribution in [-0.4, -0.2) is 33.0 Å². The Morgan fingerprint density at radius 3 is 2.58 bits per heavy atom. The number of nitrogens with zero attached hydrogens (tertiary/aromatic N) is 3. The van der Waals surface area contributed by atoms with Gasteiger partial charge in [-0.25, -0.2) is 0 Å². The third kappa shape index (κ3) is 6.98. The molecule has 0 atom stereocenters. The zero-order chi connectivity index (χ0) is 23.6.